The lowest BCUT2D eigenvalue weighted by atomic mass is 10.0. The van der Waals surface area contributed by atoms with Crippen molar-refractivity contribution >= 4 is 0 Å². The molecule has 2 rings (SSSR count). The number of benzene rings is 1. The second kappa shape index (κ2) is 4.41. The summed E-state index contributed by atoms with van der Waals surface area (Å²) < 4.78 is 0. The van der Waals surface area contributed by atoms with Crippen LogP contribution in [-0.4, -0.2) is 9.97 Å². The molecule has 1 aromatic carbocycles. The molecular weight excluding hydrogens is 198 g/mol. The van der Waals surface area contributed by atoms with Gasteiger partial charge in [-0.05, 0) is 31.0 Å². The van der Waals surface area contributed by atoms with E-state index in [9.17, 15) is 0 Å². The summed E-state index contributed by atoms with van der Waals surface area (Å²) in [5.74, 6) is 0. The first kappa shape index (κ1) is 10.8. The summed E-state index contributed by atoms with van der Waals surface area (Å²) in [6, 6.07) is 6.29. The molecule has 1 heterocycles. The van der Waals surface area contributed by atoms with Crippen LogP contribution in [0.3, 0.4) is 0 Å². The summed E-state index contributed by atoms with van der Waals surface area (Å²) in [6.45, 7) is 4.62. The summed E-state index contributed by atoms with van der Waals surface area (Å²) in [5.41, 5.74) is 10.9. The molecule has 0 atom stereocenters. The predicted molar refractivity (Wildman–Crippen MR) is 64.8 cm³/mol. The lowest BCUT2D eigenvalue weighted by molar-refractivity contribution is 0.967. The van der Waals surface area contributed by atoms with Crippen LogP contribution in [0.1, 0.15) is 16.8 Å². The molecule has 0 radical (unpaired) electrons. The molecular formula is C13H15N3. The topological polar surface area (TPSA) is 51.8 Å². The summed E-state index contributed by atoms with van der Waals surface area (Å²) in [6.07, 6.45) is 3.47. The van der Waals surface area contributed by atoms with Crippen LogP contribution in [0.5, 0.6) is 0 Å². The highest BCUT2D eigenvalue weighted by Gasteiger charge is 2.02. The zero-order valence-corrected chi connectivity index (χ0v) is 9.57. The fourth-order valence-electron chi connectivity index (χ4n) is 1.54. The van der Waals surface area contributed by atoms with Crippen LogP contribution in [0.25, 0.3) is 11.3 Å². The van der Waals surface area contributed by atoms with Gasteiger partial charge in [0.15, 0.2) is 0 Å². The van der Waals surface area contributed by atoms with Crippen LogP contribution in [0.15, 0.2) is 30.6 Å². The monoisotopic (exact) mass is 213 g/mol. The van der Waals surface area contributed by atoms with Gasteiger partial charge >= 0.3 is 0 Å². The highest BCUT2D eigenvalue weighted by molar-refractivity contribution is 5.60. The van der Waals surface area contributed by atoms with Gasteiger partial charge in [-0.1, -0.05) is 12.1 Å². The van der Waals surface area contributed by atoms with Gasteiger partial charge in [0.05, 0.1) is 17.6 Å². The molecule has 3 nitrogen and oxygen atoms in total. The Morgan fingerprint density at radius 3 is 2.62 bits per heavy atom. The third kappa shape index (κ3) is 2.09. The lowest BCUT2D eigenvalue weighted by Crippen LogP contribution is -2.01. The van der Waals surface area contributed by atoms with Crippen LogP contribution < -0.4 is 5.73 Å². The molecule has 0 fully saturated rings. The maximum absolute atomic E-state index is 5.55. The molecule has 0 aliphatic heterocycles. The molecule has 0 aliphatic rings. The molecule has 0 aliphatic carbocycles. The van der Waals surface area contributed by atoms with Gasteiger partial charge < -0.3 is 5.73 Å². The summed E-state index contributed by atoms with van der Waals surface area (Å²) in [5, 5.41) is 0. The number of hydrogen-bond acceptors (Lipinski definition) is 3. The van der Waals surface area contributed by atoms with Gasteiger partial charge in [-0.15, -0.1) is 0 Å². The van der Waals surface area contributed by atoms with Crippen LogP contribution in [-0.2, 0) is 6.54 Å². The van der Waals surface area contributed by atoms with E-state index < -0.39 is 0 Å². The fraction of sp³-hybridized carbons (Fsp3) is 0.231. The smallest absolute Gasteiger partial charge is 0.0889 e. The van der Waals surface area contributed by atoms with E-state index in [0.717, 1.165) is 17.0 Å². The molecule has 2 aromatic rings. The Kier molecular flexibility index (Phi) is 2.97. The second-order valence-electron chi connectivity index (χ2n) is 3.90. The summed E-state index contributed by atoms with van der Waals surface area (Å²) >= 11 is 0. The summed E-state index contributed by atoms with van der Waals surface area (Å²) in [7, 11) is 0. The third-order valence-corrected chi connectivity index (χ3v) is 2.70. The molecule has 0 saturated heterocycles. The van der Waals surface area contributed by atoms with E-state index in [-0.39, 0.29) is 0 Å². The van der Waals surface area contributed by atoms with Crippen molar-refractivity contribution in [2.24, 2.45) is 5.73 Å². The van der Waals surface area contributed by atoms with E-state index in [4.69, 9.17) is 5.73 Å². The van der Waals surface area contributed by atoms with Crippen LogP contribution in [0.2, 0.25) is 0 Å². The zero-order chi connectivity index (χ0) is 11.5. The predicted octanol–water partition coefficient (Wildman–Crippen LogP) is 2.22. The third-order valence-electron chi connectivity index (χ3n) is 2.70. The maximum atomic E-state index is 5.55. The Morgan fingerprint density at radius 1 is 1.12 bits per heavy atom. The first-order valence-electron chi connectivity index (χ1n) is 5.29. The molecule has 16 heavy (non-hydrogen) atoms. The van der Waals surface area contributed by atoms with Gasteiger partial charge in [-0.2, -0.15) is 0 Å². The zero-order valence-electron chi connectivity index (χ0n) is 9.57. The molecule has 0 unspecified atom stereocenters. The van der Waals surface area contributed by atoms with Crippen molar-refractivity contribution in [3.63, 3.8) is 0 Å². The van der Waals surface area contributed by atoms with Crippen LogP contribution in [0.4, 0.5) is 0 Å². The van der Waals surface area contributed by atoms with E-state index in [1.54, 1.807) is 12.4 Å². The molecule has 82 valence electrons. The molecule has 3 heteroatoms. The quantitative estimate of drug-likeness (QED) is 0.832. The van der Waals surface area contributed by atoms with Crippen molar-refractivity contribution in [3.8, 4) is 11.3 Å². The van der Waals surface area contributed by atoms with Gasteiger partial charge in [0.1, 0.15) is 0 Å². The number of nitrogens with zero attached hydrogens (tertiary/aromatic N) is 2. The Balaban J connectivity index is 2.46. The molecule has 0 bridgehead atoms. The standard InChI is InChI=1S/C13H15N3/c1-9-3-4-11(5-10(9)2)13-8-15-7-12(6-14)16-13/h3-5,7-8H,6,14H2,1-2H3. The molecule has 0 amide bonds. The lowest BCUT2D eigenvalue weighted by Gasteiger charge is -2.05. The van der Waals surface area contributed by atoms with E-state index >= 15 is 0 Å². The van der Waals surface area contributed by atoms with Crippen molar-refractivity contribution in [2.45, 2.75) is 20.4 Å². The van der Waals surface area contributed by atoms with Gasteiger partial charge in [-0.25, -0.2) is 4.98 Å². The number of aryl methyl sites for hydroxylation is 2. The fourth-order valence-corrected chi connectivity index (χ4v) is 1.54. The van der Waals surface area contributed by atoms with Gasteiger partial charge in [0, 0.05) is 18.3 Å². The van der Waals surface area contributed by atoms with Gasteiger partial charge in [-0.3, -0.25) is 4.98 Å². The van der Waals surface area contributed by atoms with E-state index in [1.807, 2.05) is 0 Å². The molecule has 2 N–H and O–H groups in total. The molecule has 0 saturated carbocycles. The average molecular weight is 213 g/mol. The van der Waals surface area contributed by atoms with Crippen molar-refractivity contribution in [1.29, 1.82) is 0 Å². The van der Waals surface area contributed by atoms with Gasteiger partial charge in [0.2, 0.25) is 0 Å². The molecule has 0 spiro atoms. The van der Waals surface area contributed by atoms with Crippen molar-refractivity contribution < 1.29 is 0 Å². The van der Waals surface area contributed by atoms with Crippen LogP contribution >= 0.6 is 0 Å². The minimum Gasteiger partial charge on any atom is -0.325 e. The first-order valence-corrected chi connectivity index (χ1v) is 5.29. The highest BCUT2D eigenvalue weighted by Crippen LogP contribution is 2.19. The Hall–Kier alpha value is -1.74. The highest BCUT2D eigenvalue weighted by atomic mass is 14.8. The largest absolute Gasteiger partial charge is 0.325 e. The number of nitrogens with two attached hydrogens (primary N) is 1. The maximum Gasteiger partial charge on any atom is 0.0889 e. The second-order valence-corrected chi connectivity index (χ2v) is 3.90. The van der Waals surface area contributed by atoms with Crippen molar-refractivity contribution in [1.82, 2.24) is 9.97 Å². The average Bonchev–Trinajstić information content (AvgIpc) is 2.33. The Bertz CT molecular complexity index is 506. The number of rotatable bonds is 2. The van der Waals surface area contributed by atoms with E-state index in [2.05, 4.69) is 42.0 Å². The first-order chi connectivity index (χ1) is 7.70. The number of aromatic nitrogens is 2. The Labute approximate surface area is 95.4 Å². The van der Waals surface area contributed by atoms with Gasteiger partial charge in [0.25, 0.3) is 0 Å². The van der Waals surface area contributed by atoms with Crippen LogP contribution in [0, 0.1) is 13.8 Å². The summed E-state index contributed by atoms with van der Waals surface area (Å²) in [4.78, 5) is 8.59. The number of hydrogen-bond donors (Lipinski definition) is 1. The SMILES string of the molecule is Cc1ccc(-c2cncc(CN)n2)cc1C. The minimum absolute atomic E-state index is 0.422. The van der Waals surface area contributed by atoms with Crippen molar-refractivity contribution in [3.05, 3.63) is 47.4 Å². The van der Waals surface area contributed by atoms with E-state index in [0.29, 0.717) is 6.54 Å². The van der Waals surface area contributed by atoms with E-state index in [1.165, 1.54) is 11.1 Å². The minimum atomic E-state index is 0.422. The van der Waals surface area contributed by atoms with Crippen molar-refractivity contribution in [2.75, 3.05) is 0 Å². The molecule has 1 aromatic heterocycles. The normalized spacial score (nSPS) is 10.4. The Morgan fingerprint density at radius 2 is 1.94 bits per heavy atom.